The fraction of sp³-hybridized carbons (Fsp3) is 0.526. The molecular weight excluding hydrogens is 362 g/mol. The van der Waals surface area contributed by atoms with Gasteiger partial charge in [0.1, 0.15) is 17.9 Å². The van der Waals surface area contributed by atoms with Crippen LogP contribution in [0.15, 0.2) is 22.3 Å². The third-order valence-electron chi connectivity index (χ3n) is 4.78. The van der Waals surface area contributed by atoms with Gasteiger partial charge in [-0.3, -0.25) is 18.9 Å². The average Bonchev–Trinajstić information content (AvgIpc) is 3.16. The van der Waals surface area contributed by atoms with Gasteiger partial charge in [0.05, 0.1) is 10.2 Å². The molecule has 0 saturated carbocycles. The molecule has 0 aliphatic heterocycles. The lowest BCUT2D eigenvalue weighted by molar-refractivity contribution is -0.122. The van der Waals surface area contributed by atoms with Crippen LogP contribution in [0.4, 0.5) is 0 Å². The molecule has 0 radical (unpaired) electrons. The van der Waals surface area contributed by atoms with Crippen molar-refractivity contribution >= 4 is 33.0 Å². The molecule has 0 unspecified atom stereocenters. The van der Waals surface area contributed by atoms with Crippen molar-refractivity contribution in [2.45, 2.75) is 53.2 Å². The predicted octanol–water partition coefficient (Wildman–Crippen LogP) is 2.25. The Morgan fingerprint density at radius 2 is 1.96 bits per heavy atom. The van der Waals surface area contributed by atoms with E-state index in [9.17, 15) is 9.59 Å². The SMILES string of the molecule is Cc1nn(CC(=O)NCCN(C(C)C)C(C)C)c(=O)c2cc3sccc3n12. The topological polar surface area (TPSA) is 71.6 Å². The molecule has 8 heteroatoms. The minimum absolute atomic E-state index is 0.0711. The number of nitrogens with one attached hydrogen (secondary N) is 1. The van der Waals surface area contributed by atoms with E-state index in [1.807, 2.05) is 28.8 Å². The predicted molar refractivity (Wildman–Crippen MR) is 110 cm³/mol. The number of thiophene rings is 1. The van der Waals surface area contributed by atoms with Gasteiger partial charge in [-0.25, -0.2) is 4.68 Å². The fourth-order valence-corrected chi connectivity index (χ4v) is 4.37. The molecule has 0 bridgehead atoms. The number of fused-ring (bicyclic) bond motifs is 3. The standard InChI is InChI=1S/C19H27N5O2S/c1-12(2)22(13(3)4)8-7-20-18(25)11-23-19(26)16-10-17-15(6-9-27-17)24(16)14(5)21-23/h6,9-10,12-13H,7-8,11H2,1-5H3,(H,20,25). The van der Waals surface area contributed by atoms with Crippen LogP contribution in [0.25, 0.3) is 15.7 Å². The molecule has 7 nitrogen and oxygen atoms in total. The third kappa shape index (κ3) is 3.91. The molecule has 0 saturated heterocycles. The highest BCUT2D eigenvalue weighted by atomic mass is 32.1. The smallest absolute Gasteiger partial charge is 0.291 e. The van der Waals surface area contributed by atoms with Crippen molar-refractivity contribution in [2.24, 2.45) is 0 Å². The first-order valence-corrected chi connectivity index (χ1v) is 10.2. The number of carbonyl (C=O) groups excluding carboxylic acids is 1. The van der Waals surface area contributed by atoms with E-state index in [0.717, 1.165) is 16.8 Å². The number of amides is 1. The van der Waals surface area contributed by atoms with Gasteiger partial charge in [0.2, 0.25) is 5.91 Å². The zero-order chi connectivity index (χ0) is 19.7. The lowest BCUT2D eigenvalue weighted by Gasteiger charge is -2.30. The Morgan fingerprint density at radius 3 is 2.63 bits per heavy atom. The Balaban J connectivity index is 1.72. The maximum absolute atomic E-state index is 12.7. The van der Waals surface area contributed by atoms with Gasteiger partial charge in [0, 0.05) is 25.2 Å². The van der Waals surface area contributed by atoms with Crippen molar-refractivity contribution in [3.8, 4) is 0 Å². The third-order valence-corrected chi connectivity index (χ3v) is 5.63. The molecule has 3 aromatic rings. The highest BCUT2D eigenvalue weighted by Crippen LogP contribution is 2.24. The van der Waals surface area contributed by atoms with E-state index in [0.29, 0.717) is 30.0 Å². The van der Waals surface area contributed by atoms with Crippen molar-refractivity contribution in [1.82, 2.24) is 24.4 Å². The summed E-state index contributed by atoms with van der Waals surface area (Å²) < 4.78 is 4.15. The molecule has 3 heterocycles. The van der Waals surface area contributed by atoms with Crippen LogP contribution in [0.3, 0.4) is 0 Å². The second-order valence-electron chi connectivity index (χ2n) is 7.32. The average molecular weight is 390 g/mol. The van der Waals surface area contributed by atoms with Gasteiger partial charge in [-0.2, -0.15) is 5.10 Å². The molecular formula is C19H27N5O2S. The van der Waals surface area contributed by atoms with Crippen molar-refractivity contribution in [1.29, 1.82) is 0 Å². The summed E-state index contributed by atoms with van der Waals surface area (Å²) in [6.45, 7) is 11.7. The van der Waals surface area contributed by atoms with Crippen LogP contribution in [-0.2, 0) is 11.3 Å². The van der Waals surface area contributed by atoms with Crippen LogP contribution in [0, 0.1) is 6.92 Å². The van der Waals surface area contributed by atoms with Crippen molar-refractivity contribution in [3.63, 3.8) is 0 Å². The van der Waals surface area contributed by atoms with E-state index in [4.69, 9.17) is 0 Å². The first-order chi connectivity index (χ1) is 12.8. The van der Waals surface area contributed by atoms with Crippen LogP contribution in [-0.4, -0.2) is 50.2 Å². The zero-order valence-electron chi connectivity index (χ0n) is 16.5. The number of carbonyl (C=O) groups is 1. The summed E-state index contributed by atoms with van der Waals surface area (Å²) >= 11 is 1.59. The number of rotatable bonds is 7. The molecule has 0 spiro atoms. The normalized spacial score (nSPS) is 12.1. The van der Waals surface area contributed by atoms with Gasteiger partial charge >= 0.3 is 0 Å². The summed E-state index contributed by atoms with van der Waals surface area (Å²) in [4.78, 5) is 27.4. The fourth-order valence-electron chi connectivity index (χ4n) is 3.56. The molecule has 146 valence electrons. The second kappa shape index (κ2) is 7.82. The Hall–Kier alpha value is -2.19. The molecule has 0 aliphatic rings. The monoisotopic (exact) mass is 389 g/mol. The Kier molecular flexibility index (Phi) is 5.67. The Labute approximate surface area is 162 Å². The van der Waals surface area contributed by atoms with Crippen LogP contribution >= 0.6 is 11.3 Å². The van der Waals surface area contributed by atoms with Crippen LogP contribution < -0.4 is 10.9 Å². The molecule has 0 aromatic carbocycles. The van der Waals surface area contributed by atoms with Gasteiger partial charge in [0.15, 0.2) is 0 Å². The van der Waals surface area contributed by atoms with E-state index >= 15 is 0 Å². The van der Waals surface area contributed by atoms with Crippen molar-refractivity contribution in [3.05, 3.63) is 33.7 Å². The Bertz CT molecular complexity index is 1010. The first kappa shape index (κ1) is 19.6. The minimum Gasteiger partial charge on any atom is -0.353 e. The molecule has 27 heavy (non-hydrogen) atoms. The molecule has 3 aromatic heterocycles. The van der Waals surface area contributed by atoms with Crippen LogP contribution in [0.2, 0.25) is 0 Å². The minimum atomic E-state index is -0.245. The molecule has 0 aliphatic carbocycles. The number of aryl methyl sites for hydroxylation is 1. The Morgan fingerprint density at radius 1 is 1.26 bits per heavy atom. The lowest BCUT2D eigenvalue weighted by Crippen LogP contribution is -2.43. The van der Waals surface area contributed by atoms with Gasteiger partial charge in [-0.1, -0.05) is 0 Å². The van der Waals surface area contributed by atoms with Gasteiger partial charge in [-0.15, -0.1) is 11.3 Å². The molecule has 1 amide bonds. The maximum atomic E-state index is 12.7. The molecule has 0 fully saturated rings. The van der Waals surface area contributed by atoms with E-state index < -0.39 is 0 Å². The molecule has 1 N–H and O–H groups in total. The zero-order valence-corrected chi connectivity index (χ0v) is 17.3. The number of hydrogen-bond acceptors (Lipinski definition) is 5. The second-order valence-corrected chi connectivity index (χ2v) is 8.27. The summed E-state index contributed by atoms with van der Waals surface area (Å²) in [7, 11) is 0. The number of hydrogen-bond donors (Lipinski definition) is 1. The van der Waals surface area contributed by atoms with E-state index in [1.165, 1.54) is 4.68 Å². The quantitative estimate of drug-likeness (QED) is 0.673. The summed E-state index contributed by atoms with van der Waals surface area (Å²) in [5.74, 6) is 0.491. The van der Waals surface area contributed by atoms with Gasteiger partial charge in [-0.05, 0) is 52.1 Å². The van der Waals surface area contributed by atoms with Gasteiger partial charge in [0.25, 0.3) is 5.56 Å². The summed E-state index contributed by atoms with van der Waals surface area (Å²) in [5, 5.41) is 9.24. The van der Waals surface area contributed by atoms with Gasteiger partial charge < -0.3 is 5.32 Å². The number of aromatic nitrogens is 3. The summed E-state index contributed by atoms with van der Waals surface area (Å²) in [6.07, 6.45) is 0. The van der Waals surface area contributed by atoms with E-state index in [1.54, 1.807) is 11.3 Å². The van der Waals surface area contributed by atoms with E-state index in [-0.39, 0.29) is 18.0 Å². The van der Waals surface area contributed by atoms with Crippen molar-refractivity contribution in [2.75, 3.05) is 13.1 Å². The largest absolute Gasteiger partial charge is 0.353 e. The van der Waals surface area contributed by atoms with E-state index in [2.05, 4.69) is 43.0 Å². The maximum Gasteiger partial charge on any atom is 0.291 e. The summed E-state index contributed by atoms with van der Waals surface area (Å²) in [5.41, 5.74) is 1.30. The van der Waals surface area contributed by atoms with Crippen molar-refractivity contribution < 1.29 is 4.79 Å². The molecule has 3 rings (SSSR count). The van der Waals surface area contributed by atoms with Crippen LogP contribution in [0.1, 0.15) is 33.5 Å². The lowest BCUT2D eigenvalue weighted by atomic mass is 10.2. The summed E-state index contributed by atoms with van der Waals surface area (Å²) in [6, 6.07) is 4.68. The van der Waals surface area contributed by atoms with Crippen LogP contribution in [0.5, 0.6) is 0 Å². The number of nitrogens with zero attached hydrogens (tertiary/aromatic N) is 4. The first-order valence-electron chi connectivity index (χ1n) is 9.28. The highest BCUT2D eigenvalue weighted by molar-refractivity contribution is 7.17. The highest BCUT2D eigenvalue weighted by Gasteiger charge is 2.16. The molecule has 0 atom stereocenters.